The first-order valence-corrected chi connectivity index (χ1v) is 9.53. The van der Waals surface area contributed by atoms with Crippen LogP contribution in [-0.4, -0.2) is 23.1 Å². The molecule has 10 heteroatoms. The SMILES string of the molecule is C/C(=N\Nc1ccc([N+](=O)[O-])cc1)C1C(=O)N2CCCc3cccc(c32)C1N=[N+]=[N-]. The minimum atomic E-state index is -0.729. The molecule has 1 N–H and O–H groups in total. The molecule has 0 fully saturated rings. The van der Waals surface area contributed by atoms with E-state index < -0.39 is 16.9 Å². The van der Waals surface area contributed by atoms with Gasteiger partial charge in [0.2, 0.25) is 5.91 Å². The molecule has 1 amide bonds. The van der Waals surface area contributed by atoms with E-state index in [1.54, 1.807) is 11.8 Å². The molecule has 0 saturated heterocycles. The number of hydrogen-bond acceptors (Lipinski definition) is 6. The quantitative estimate of drug-likeness (QED) is 0.197. The van der Waals surface area contributed by atoms with E-state index in [1.165, 1.54) is 24.3 Å². The van der Waals surface area contributed by atoms with Crippen molar-refractivity contribution in [3.8, 4) is 0 Å². The molecule has 2 aliphatic rings. The van der Waals surface area contributed by atoms with Gasteiger partial charge in [-0.25, -0.2) is 0 Å². The molecule has 30 heavy (non-hydrogen) atoms. The van der Waals surface area contributed by atoms with Crippen molar-refractivity contribution in [3.05, 3.63) is 74.1 Å². The van der Waals surface area contributed by atoms with Gasteiger partial charge in [0.25, 0.3) is 5.69 Å². The van der Waals surface area contributed by atoms with Crippen molar-refractivity contribution in [1.29, 1.82) is 0 Å². The van der Waals surface area contributed by atoms with E-state index in [4.69, 9.17) is 5.53 Å². The fourth-order valence-electron chi connectivity index (χ4n) is 4.09. The number of rotatable bonds is 5. The van der Waals surface area contributed by atoms with Crippen LogP contribution < -0.4 is 10.3 Å². The molecule has 2 heterocycles. The first kappa shape index (κ1) is 19.4. The van der Waals surface area contributed by atoms with Crippen LogP contribution in [0.4, 0.5) is 17.1 Å². The lowest BCUT2D eigenvalue weighted by molar-refractivity contribution is -0.384. The Bertz CT molecular complexity index is 1090. The number of hydrazone groups is 1. The zero-order valence-corrected chi connectivity index (χ0v) is 16.2. The van der Waals surface area contributed by atoms with Gasteiger partial charge in [0, 0.05) is 29.3 Å². The number of nitrogens with zero attached hydrogens (tertiary/aromatic N) is 6. The maximum absolute atomic E-state index is 13.3. The normalized spacial score (nSPS) is 20.2. The number of non-ortho nitro benzene ring substituents is 1. The number of carbonyl (C=O) groups excluding carboxylic acids is 1. The van der Waals surface area contributed by atoms with Crippen molar-refractivity contribution < 1.29 is 9.72 Å². The summed E-state index contributed by atoms with van der Waals surface area (Å²) in [5.41, 5.74) is 15.7. The molecule has 2 atom stereocenters. The summed E-state index contributed by atoms with van der Waals surface area (Å²) in [4.78, 5) is 28.4. The number of benzene rings is 2. The summed E-state index contributed by atoms with van der Waals surface area (Å²) in [6.07, 6.45) is 1.76. The lowest BCUT2D eigenvalue weighted by atomic mass is 9.81. The van der Waals surface area contributed by atoms with Gasteiger partial charge in [-0.2, -0.15) is 5.10 Å². The molecule has 0 bridgehead atoms. The fraction of sp³-hybridized carbons (Fsp3) is 0.300. The van der Waals surface area contributed by atoms with Crippen LogP contribution >= 0.6 is 0 Å². The summed E-state index contributed by atoms with van der Waals surface area (Å²) >= 11 is 0. The largest absolute Gasteiger partial charge is 0.311 e. The second-order valence-electron chi connectivity index (χ2n) is 7.24. The summed E-state index contributed by atoms with van der Waals surface area (Å²) in [6.45, 7) is 2.32. The maximum atomic E-state index is 13.3. The molecule has 152 valence electrons. The molecule has 2 aromatic rings. The zero-order valence-electron chi connectivity index (χ0n) is 16.2. The van der Waals surface area contributed by atoms with Crippen LogP contribution in [0.3, 0.4) is 0 Å². The van der Waals surface area contributed by atoms with Crippen molar-refractivity contribution in [2.75, 3.05) is 16.9 Å². The Balaban J connectivity index is 1.67. The standard InChI is InChI=1S/C20H19N7O3/c1-12(22-23-14-7-9-15(10-8-14)27(29)30)17-18(24-25-21)16-6-2-4-13-5-3-11-26(19(13)16)20(17)28/h2,4,6-10,17-18,23H,3,5,11H2,1H3/b22-12+. The average molecular weight is 405 g/mol. The van der Waals surface area contributed by atoms with Gasteiger partial charge in [0.1, 0.15) is 0 Å². The van der Waals surface area contributed by atoms with Crippen LogP contribution in [0.1, 0.15) is 30.5 Å². The number of para-hydroxylation sites is 1. The second kappa shape index (κ2) is 7.84. The van der Waals surface area contributed by atoms with E-state index in [0.717, 1.165) is 29.7 Å². The van der Waals surface area contributed by atoms with Gasteiger partial charge in [-0.1, -0.05) is 23.3 Å². The third-order valence-electron chi connectivity index (χ3n) is 5.48. The average Bonchev–Trinajstić information content (AvgIpc) is 2.76. The van der Waals surface area contributed by atoms with Gasteiger partial charge in [0.05, 0.1) is 28.3 Å². The topological polar surface area (TPSA) is 137 Å². The van der Waals surface area contributed by atoms with Crippen LogP contribution in [-0.2, 0) is 11.2 Å². The van der Waals surface area contributed by atoms with Crippen molar-refractivity contribution in [2.24, 2.45) is 16.1 Å². The number of anilines is 2. The Hall–Kier alpha value is -3.91. The number of nitro groups is 1. The van der Waals surface area contributed by atoms with E-state index in [2.05, 4.69) is 20.6 Å². The van der Waals surface area contributed by atoms with Crippen LogP contribution in [0.25, 0.3) is 10.4 Å². The number of nitrogens with one attached hydrogen (secondary N) is 1. The van der Waals surface area contributed by atoms with E-state index in [0.29, 0.717) is 17.9 Å². The molecule has 0 radical (unpaired) electrons. The van der Waals surface area contributed by atoms with Crippen molar-refractivity contribution >= 4 is 28.7 Å². The molecule has 2 unspecified atom stereocenters. The smallest absolute Gasteiger partial charge is 0.269 e. The lowest BCUT2D eigenvalue weighted by Gasteiger charge is -2.41. The first-order valence-electron chi connectivity index (χ1n) is 9.53. The third kappa shape index (κ3) is 3.33. The lowest BCUT2D eigenvalue weighted by Crippen LogP contribution is -2.48. The highest BCUT2D eigenvalue weighted by Crippen LogP contribution is 2.44. The van der Waals surface area contributed by atoms with E-state index in [-0.39, 0.29) is 11.6 Å². The van der Waals surface area contributed by atoms with Crippen LogP contribution in [0.5, 0.6) is 0 Å². The van der Waals surface area contributed by atoms with E-state index >= 15 is 0 Å². The first-order chi connectivity index (χ1) is 14.5. The summed E-state index contributed by atoms with van der Waals surface area (Å²) in [5, 5.41) is 19.1. The number of hydrogen-bond donors (Lipinski definition) is 1. The van der Waals surface area contributed by atoms with Gasteiger partial charge in [-0.05, 0) is 48.6 Å². The number of amides is 1. The molecule has 0 aromatic heterocycles. The fourth-order valence-corrected chi connectivity index (χ4v) is 4.09. The summed E-state index contributed by atoms with van der Waals surface area (Å²) in [5.74, 6) is -0.869. The summed E-state index contributed by atoms with van der Waals surface area (Å²) in [6, 6.07) is 10.9. The molecule has 0 saturated carbocycles. The number of aryl methyl sites for hydroxylation is 1. The highest BCUT2D eigenvalue weighted by atomic mass is 16.6. The Labute approximate surface area is 172 Å². The highest BCUT2D eigenvalue weighted by Gasteiger charge is 2.43. The summed E-state index contributed by atoms with van der Waals surface area (Å²) < 4.78 is 0. The monoisotopic (exact) mass is 405 g/mol. The number of carbonyl (C=O) groups is 1. The van der Waals surface area contributed by atoms with Gasteiger partial charge in [-0.15, -0.1) is 0 Å². The molecule has 10 nitrogen and oxygen atoms in total. The Morgan fingerprint density at radius 2 is 2.07 bits per heavy atom. The predicted molar refractivity (Wildman–Crippen MR) is 112 cm³/mol. The Morgan fingerprint density at radius 1 is 1.30 bits per heavy atom. The van der Waals surface area contributed by atoms with Crippen LogP contribution in [0, 0.1) is 16.0 Å². The van der Waals surface area contributed by atoms with Gasteiger partial charge >= 0.3 is 0 Å². The van der Waals surface area contributed by atoms with Gasteiger partial charge in [0.15, 0.2) is 0 Å². The van der Waals surface area contributed by atoms with Crippen molar-refractivity contribution in [1.82, 2.24) is 0 Å². The molecule has 4 rings (SSSR count). The van der Waals surface area contributed by atoms with E-state index in [1.807, 2.05) is 18.2 Å². The molecule has 0 aliphatic carbocycles. The van der Waals surface area contributed by atoms with Crippen molar-refractivity contribution in [3.63, 3.8) is 0 Å². The minimum Gasteiger partial charge on any atom is -0.311 e. The van der Waals surface area contributed by atoms with Crippen LogP contribution in [0.2, 0.25) is 0 Å². The Kier molecular flexibility index (Phi) is 5.07. The van der Waals surface area contributed by atoms with E-state index in [9.17, 15) is 14.9 Å². The highest BCUT2D eigenvalue weighted by molar-refractivity contribution is 6.13. The number of azide groups is 1. The molecule has 2 aliphatic heterocycles. The van der Waals surface area contributed by atoms with Gasteiger partial charge < -0.3 is 4.90 Å². The van der Waals surface area contributed by atoms with Crippen LogP contribution in [0.15, 0.2) is 52.7 Å². The second-order valence-corrected chi connectivity index (χ2v) is 7.24. The summed E-state index contributed by atoms with van der Waals surface area (Å²) in [7, 11) is 0. The van der Waals surface area contributed by atoms with Crippen molar-refractivity contribution in [2.45, 2.75) is 25.8 Å². The maximum Gasteiger partial charge on any atom is 0.269 e. The predicted octanol–water partition coefficient (Wildman–Crippen LogP) is 4.34. The third-order valence-corrected chi connectivity index (χ3v) is 5.48. The minimum absolute atomic E-state index is 0.0235. The molecular weight excluding hydrogens is 386 g/mol. The molecular formula is C20H19N7O3. The Morgan fingerprint density at radius 3 is 2.77 bits per heavy atom. The zero-order chi connectivity index (χ0) is 21.3. The number of nitro benzene ring substituents is 1. The molecule has 0 spiro atoms. The van der Waals surface area contributed by atoms with Gasteiger partial charge in [-0.3, -0.25) is 20.3 Å². The molecule has 2 aromatic carbocycles.